The Labute approximate surface area is 158 Å². The van der Waals surface area contributed by atoms with Crippen molar-refractivity contribution in [2.24, 2.45) is 0 Å². The van der Waals surface area contributed by atoms with E-state index in [1.807, 2.05) is 20.8 Å². The Hall–Kier alpha value is -2.53. The summed E-state index contributed by atoms with van der Waals surface area (Å²) in [5.41, 5.74) is 0.434. The van der Waals surface area contributed by atoms with Crippen molar-refractivity contribution >= 4 is 29.1 Å². The molecule has 138 valence electrons. The third-order valence-corrected chi connectivity index (χ3v) is 3.74. The Balaban J connectivity index is 2.11. The van der Waals surface area contributed by atoms with E-state index in [1.54, 1.807) is 55.5 Å². The van der Waals surface area contributed by atoms with Crippen LogP contribution in [0.5, 0.6) is 5.75 Å². The molecule has 26 heavy (non-hydrogen) atoms. The predicted molar refractivity (Wildman–Crippen MR) is 104 cm³/mol. The highest BCUT2D eigenvalue weighted by molar-refractivity contribution is 6.32. The molecule has 0 radical (unpaired) electrons. The number of para-hydroxylation sites is 2. The SMILES string of the molecule is CC(Oc1ccccc1Cl)C(=O)Nc1ccccc1C(=O)NC(C)(C)C. The van der Waals surface area contributed by atoms with Crippen molar-refractivity contribution in [1.29, 1.82) is 0 Å². The van der Waals surface area contributed by atoms with Crippen molar-refractivity contribution in [3.63, 3.8) is 0 Å². The number of anilines is 1. The number of amides is 2. The third kappa shape index (κ3) is 5.49. The highest BCUT2D eigenvalue weighted by Crippen LogP contribution is 2.24. The zero-order valence-electron chi connectivity index (χ0n) is 15.3. The smallest absolute Gasteiger partial charge is 0.265 e. The van der Waals surface area contributed by atoms with Crippen LogP contribution in [-0.2, 0) is 4.79 Å². The van der Waals surface area contributed by atoms with Crippen molar-refractivity contribution in [2.75, 3.05) is 5.32 Å². The molecule has 2 aromatic carbocycles. The molecule has 0 saturated heterocycles. The molecule has 1 unspecified atom stereocenters. The number of rotatable bonds is 5. The van der Waals surface area contributed by atoms with Crippen molar-refractivity contribution < 1.29 is 14.3 Å². The highest BCUT2D eigenvalue weighted by atomic mass is 35.5. The molecule has 2 amide bonds. The van der Waals surface area contributed by atoms with Crippen molar-refractivity contribution in [3.05, 3.63) is 59.1 Å². The van der Waals surface area contributed by atoms with E-state index in [0.29, 0.717) is 22.0 Å². The van der Waals surface area contributed by atoms with E-state index in [2.05, 4.69) is 10.6 Å². The van der Waals surface area contributed by atoms with Gasteiger partial charge in [-0.15, -0.1) is 0 Å². The first-order chi connectivity index (χ1) is 12.2. The first-order valence-corrected chi connectivity index (χ1v) is 8.69. The number of carbonyl (C=O) groups excluding carboxylic acids is 2. The molecule has 0 bridgehead atoms. The summed E-state index contributed by atoms with van der Waals surface area (Å²) in [5.74, 6) is -0.204. The second-order valence-electron chi connectivity index (χ2n) is 6.93. The minimum Gasteiger partial charge on any atom is -0.479 e. The average molecular weight is 375 g/mol. The van der Waals surface area contributed by atoms with Crippen LogP contribution in [0.2, 0.25) is 5.02 Å². The maximum absolute atomic E-state index is 12.5. The molecule has 0 saturated carbocycles. The van der Waals surface area contributed by atoms with Gasteiger partial charge in [-0.05, 0) is 52.0 Å². The molecule has 0 aliphatic rings. The average Bonchev–Trinajstić information content (AvgIpc) is 2.55. The van der Waals surface area contributed by atoms with Crippen molar-refractivity contribution in [2.45, 2.75) is 39.3 Å². The highest BCUT2D eigenvalue weighted by Gasteiger charge is 2.21. The summed E-state index contributed by atoms with van der Waals surface area (Å²) in [6.45, 7) is 7.30. The number of halogens is 1. The van der Waals surface area contributed by atoms with Gasteiger partial charge in [-0.1, -0.05) is 35.9 Å². The van der Waals surface area contributed by atoms with Gasteiger partial charge in [0, 0.05) is 5.54 Å². The minimum absolute atomic E-state index is 0.256. The Morgan fingerprint density at radius 3 is 2.31 bits per heavy atom. The number of hydrogen-bond donors (Lipinski definition) is 2. The first-order valence-electron chi connectivity index (χ1n) is 8.31. The number of nitrogens with one attached hydrogen (secondary N) is 2. The molecule has 0 heterocycles. The number of hydrogen-bond acceptors (Lipinski definition) is 3. The molecule has 2 N–H and O–H groups in total. The monoisotopic (exact) mass is 374 g/mol. The molecule has 2 aromatic rings. The molecule has 6 heteroatoms. The second kappa shape index (κ2) is 8.23. The van der Waals surface area contributed by atoms with Gasteiger partial charge < -0.3 is 15.4 Å². The van der Waals surface area contributed by atoms with Gasteiger partial charge in [-0.2, -0.15) is 0 Å². The summed E-state index contributed by atoms with van der Waals surface area (Å²) >= 11 is 6.05. The fourth-order valence-corrected chi connectivity index (χ4v) is 2.40. The standard InChI is InChI=1S/C20H23ClN2O3/c1-13(26-17-12-8-6-10-15(17)21)18(24)22-16-11-7-5-9-14(16)19(25)23-20(2,3)4/h5-13H,1-4H3,(H,22,24)(H,23,25). The van der Waals surface area contributed by atoms with Crippen LogP contribution in [0.4, 0.5) is 5.69 Å². The zero-order chi connectivity index (χ0) is 19.3. The molecule has 5 nitrogen and oxygen atoms in total. The van der Waals surface area contributed by atoms with Crippen molar-refractivity contribution in [3.8, 4) is 5.75 Å². The van der Waals surface area contributed by atoms with E-state index >= 15 is 0 Å². The third-order valence-electron chi connectivity index (χ3n) is 3.43. The lowest BCUT2D eigenvalue weighted by Crippen LogP contribution is -2.41. The zero-order valence-corrected chi connectivity index (χ0v) is 16.1. The maximum atomic E-state index is 12.5. The van der Waals surface area contributed by atoms with Crippen LogP contribution in [-0.4, -0.2) is 23.5 Å². The van der Waals surface area contributed by atoms with Crippen LogP contribution in [0.15, 0.2) is 48.5 Å². The first kappa shape index (κ1) is 19.8. The summed E-state index contributed by atoms with van der Waals surface area (Å²) < 4.78 is 5.62. The molecular formula is C20H23ClN2O3. The predicted octanol–water partition coefficient (Wildman–Crippen LogP) is 4.27. The lowest BCUT2D eigenvalue weighted by atomic mass is 10.1. The van der Waals surface area contributed by atoms with Gasteiger partial charge in [-0.25, -0.2) is 0 Å². The molecule has 1 atom stereocenters. The quantitative estimate of drug-likeness (QED) is 0.821. The lowest BCUT2D eigenvalue weighted by molar-refractivity contribution is -0.122. The largest absolute Gasteiger partial charge is 0.479 e. The van der Waals surface area contributed by atoms with E-state index in [0.717, 1.165) is 0 Å². The van der Waals surface area contributed by atoms with Crippen LogP contribution in [0, 0.1) is 0 Å². The Kier molecular flexibility index (Phi) is 6.27. The van der Waals surface area contributed by atoms with Gasteiger partial charge >= 0.3 is 0 Å². The molecule has 0 aliphatic carbocycles. The van der Waals surface area contributed by atoms with E-state index in [4.69, 9.17) is 16.3 Å². The number of carbonyl (C=O) groups is 2. The van der Waals surface area contributed by atoms with E-state index in [9.17, 15) is 9.59 Å². The summed E-state index contributed by atoms with van der Waals surface area (Å²) in [4.78, 5) is 24.9. The summed E-state index contributed by atoms with van der Waals surface area (Å²) in [6, 6.07) is 13.8. The Morgan fingerprint density at radius 2 is 1.65 bits per heavy atom. The summed E-state index contributed by atoms with van der Waals surface area (Å²) in [6.07, 6.45) is -0.784. The molecule has 0 aromatic heterocycles. The van der Waals surface area contributed by atoms with Gasteiger partial charge in [0.1, 0.15) is 5.75 Å². The van der Waals surface area contributed by atoms with Gasteiger partial charge in [-0.3, -0.25) is 9.59 Å². The molecule has 0 fully saturated rings. The fraction of sp³-hybridized carbons (Fsp3) is 0.300. The fourth-order valence-electron chi connectivity index (χ4n) is 2.22. The number of benzene rings is 2. The summed E-state index contributed by atoms with van der Waals surface area (Å²) in [5, 5.41) is 6.06. The topological polar surface area (TPSA) is 67.4 Å². The molecular weight excluding hydrogens is 352 g/mol. The molecule has 2 rings (SSSR count). The molecule has 0 spiro atoms. The van der Waals surface area contributed by atoms with E-state index < -0.39 is 6.10 Å². The second-order valence-corrected chi connectivity index (χ2v) is 7.34. The van der Waals surface area contributed by atoms with Crippen LogP contribution in [0.1, 0.15) is 38.1 Å². The van der Waals surface area contributed by atoms with E-state index in [-0.39, 0.29) is 17.4 Å². The minimum atomic E-state index is -0.784. The van der Waals surface area contributed by atoms with Gasteiger partial charge in [0.2, 0.25) is 0 Å². The van der Waals surface area contributed by atoms with Crippen LogP contribution in [0.3, 0.4) is 0 Å². The van der Waals surface area contributed by atoms with Gasteiger partial charge in [0.05, 0.1) is 16.3 Å². The number of ether oxygens (including phenoxy) is 1. The van der Waals surface area contributed by atoms with Crippen molar-refractivity contribution in [1.82, 2.24) is 5.32 Å². The Morgan fingerprint density at radius 1 is 1.04 bits per heavy atom. The Bertz CT molecular complexity index is 800. The van der Waals surface area contributed by atoms with Crippen LogP contribution in [0.25, 0.3) is 0 Å². The maximum Gasteiger partial charge on any atom is 0.265 e. The normalized spacial score (nSPS) is 12.2. The van der Waals surface area contributed by atoms with Crippen LogP contribution >= 0.6 is 11.6 Å². The molecule has 0 aliphatic heterocycles. The van der Waals surface area contributed by atoms with Gasteiger partial charge in [0.25, 0.3) is 11.8 Å². The van der Waals surface area contributed by atoms with Crippen LogP contribution < -0.4 is 15.4 Å². The lowest BCUT2D eigenvalue weighted by Gasteiger charge is -2.22. The van der Waals surface area contributed by atoms with E-state index in [1.165, 1.54) is 0 Å². The summed E-state index contributed by atoms with van der Waals surface area (Å²) in [7, 11) is 0. The van der Waals surface area contributed by atoms with Gasteiger partial charge in [0.15, 0.2) is 6.10 Å².